The number of amides is 1. The fraction of sp³-hybridized carbons (Fsp3) is 0.353. The lowest BCUT2D eigenvalue weighted by molar-refractivity contribution is -0.127. The lowest BCUT2D eigenvalue weighted by atomic mass is 10.1. The molecule has 3 rings (SSSR count). The second kappa shape index (κ2) is 6.13. The topological polar surface area (TPSA) is 59.5 Å². The number of hydrogen-bond donors (Lipinski definition) is 0. The van der Waals surface area contributed by atoms with Crippen molar-refractivity contribution in [3.8, 4) is 0 Å². The van der Waals surface area contributed by atoms with E-state index in [9.17, 15) is 9.59 Å². The van der Waals surface area contributed by atoms with Gasteiger partial charge in [0.15, 0.2) is 0 Å². The highest BCUT2D eigenvalue weighted by Crippen LogP contribution is 2.20. The first kappa shape index (κ1) is 14.5. The van der Waals surface area contributed by atoms with E-state index in [0.29, 0.717) is 25.1 Å². The van der Waals surface area contributed by atoms with E-state index in [1.165, 1.54) is 0 Å². The second-order valence-corrected chi connectivity index (χ2v) is 5.48. The first-order valence-electron chi connectivity index (χ1n) is 7.47. The quantitative estimate of drug-likeness (QED) is 0.812. The van der Waals surface area contributed by atoms with Gasteiger partial charge in [-0.15, -0.1) is 0 Å². The van der Waals surface area contributed by atoms with Gasteiger partial charge in [0.2, 0.25) is 5.91 Å². The molecule has 5 heteroatoms. The van der Waals surface area contributed by atoms with E-state index < -0.39 is 0 Å². The molecule has 1 saturated heterocycles. The number of benzene rings is 1. The smallest absolute Gasteiger partial charge is 0.338 e. The Bertz CT molecular complexity index is 709. The van der Waals surface area contributed by atoms with Crippen LogP contribution in [-0.2, 0) is 9.53 Å². The molecular weight excluding hydrogens is 280 g/mol. The van der Waals surface area contributed by atoms with Gasteiger partial charge in [0.25, 0.3) is 0 Å². The third kappa shape index (κ3) is 2.79. The molecule has 0 unspecified atom stereocenters. The molecule has 1 aliphatic rings. The second-order valence-electron chi connectivity index (χ2n) is 5.48. The molecule has 0 aliphatic carbocycles. The third-order valence-corrected chi connectivity index (χ3v) is 3.99. The van der Waals surface area contributed by atoms with Gasteiger partial charge in [0, 0.05) is 37.0 Å². The van der Waals surface area contributed by atoms with Crippen LogP contribution in [0.5, 0.6) is 0 Å². The van der Waals surface area contributed by atoms with Crippen LogP contribution in [0, 0.1) is 5.92 Å². The number of carbonyl (C=O) groups is 2. The normalized spacial score (nSPS) is 18.0. The summed E-state index contributed by atoms with van der Waals surface area (Å²) in [6, 6.07) is 9.06. The molecular formula is C17H18N2O3. The van der Waals surface area contributed by atoms with E-state index in [4.69, 9.17) is 4.74 Å². The van der Waals surface area contributed by atoms with Crippen LogP contribution in [0.4, 0.5) is 0 Å². The Labute approximate surface area is 128 Å². The largest absolute Gasteiger partial charge is 0.462 e. The highest BCUT2D eigenvalue weighted by molar-refractivity contribution is 6.03. The van der Waals surface area contributed by atoms with Gasteiger partial charge >= 0.3 is 5.97 Å². The van der Waals surface area contributed by atoms with Gasteiger partial charge < -0.3 is 9.64 Å². The maximum atomic E-state index is 12.3. The molecule has 114 valence electrons. The first-order valence-corrected chi connectivity index (χ1v) is 7.47. The molecule has 1 atom stereocenters. The minimum atomic E-state index is -0.360. The Balaban J connectivity index is 1.68. The number of likely N-dealkylation sites (tertiary alicyclic amines) is 1. The molecule has 1 fully saturated rings. The Kier molecular flexibility index (Phi) is 4.04. The molecule has 22 heavy (non-hydrogen) atoms. The van der Waals surface area contributed by atoms with E-state index >= 15 is 0 Å². The number of aromatic nitrogens is 1. The molecule has 2 heterocycles. The Morgan fingerprint density at radius 3 is 3.00 bits per heavy atom. The zero-order valence-electron chi connectivity index (χ0n) is 12.5. The maximum Gasteiger partial charge on any atom is 0.338 e. The molecule has 2 aromatic rings. The van der Waals surface area contributed by atoms with Crippen molar-refractivity contribution in [1.29, 1.82) is 0 Å². The summed E-state index contributed by atoms with van der Waals surface area (Å²) in [4.78, 5) is 30.0. The first-order chi connectivity index (χ1) is 10.7. The maximum absolute atomic E-state index is 12.3. The van der Waals surface area contributed by atoms with Gasteiger partial charge in [-0.05, 0) is 25.1 Å². The van der Waals surface area contributed by atoms with E-state index in [0.717, 1.165) is 10.9 Å². The fourth-order valence-electron chi connectivity index (χ4n) is 2.82. The van der Waals surface area contributed by atoms with Crippen LogP contribution in [0.1, 0.15) is 23.7 Å². The zero-order chi connectivity index (χ0) is 15.5. The molecule has 5 nitrogen and oxygen atoms in total. The zero-order valence-corrected chi connectivity index (χ0v) is 12.5. The van der Waals surface area contributed by atoms with Crippen LogP contribution in [0.25, 0.3) is 10.9 Å². The summed E-state index contributed by atoms with van der Waals surface area (Å²) in [6.07, 6.45) is 2.15. The molecule has 0 radical (unpaired) electrons. The van der Waals surface area contributed by atoms with Crippen LogP contribution in [-0.4, -0.2) is 41.5 Å². The average molecular weight is 298 g/mol. The monoisotopic (exact) mass is 298 g/mol. The van der Waals surface area contributed by atoms with E-state index in [1.54, 1.807) is 29.3 Å². The van der Waals surface area contributed by atoms with Crippen molar-refractivity contribution in [3.05, 3.63) is 42.1 Å². The third-order valence-electron chi connectivity index (χ3n) is 3.99. The van der Waals surface area contributed by atoms with Gasteiger partial charge in [-0.1, -0.05) is 12.1 Å². The Hall–Kier alpha value is -2.43. The number of pyridine rings is 1. The fourth-order valence-corrected chi connectivity index (χ4v) is 2.82. The van der Waals surface area contributed by atoms with Crippen LogP contribution in [0.2, 0.25) is 0 Å². The van der Waals surface area contributed by atoms with Gasteiger partial charge in [-0.2, -0.15) is 0 Å². The summed E-state index contributed by atoms with van der Waals surface area (Å²) >= 11 is 0. The summed E-state index contributed by atoms with van der Waals surface area (Å²) in [5.41, 5.74) is 1.28. The van der Waals surface area contributed by atoms with Crippen molar-refractivity contribution in [2.45, 2.75) is 13.3 Å². The van der Waals surface area contributed by atoms with Crippen molar-refractivity contribution in [3.63, 3.8) is 0 Å². The molecule has 0 N–H and O–H groups in total. The standard InChI is InChI=1S/C17H18N2O3/c1-2-19-10-12(9-16(19)20)11-22-17(21)14-5-3-7-15-13(14)6-4-8-18-15/h3-8,12H,2,9-11H2,1H3/t12-/m1/s1. The number of fused-ring (bicyclic) bond motifs is 1. The van der Waals surface area contributed by atoms with Crippen molar-refractivity contribution >= 4 is 22.8 Å². The van der Waals surface area contributed by atoms with Gasteiger partial charge in [-0.3, -0.25) is 9.78 Å². The number of nitrogens with zero attached hydrogens (tertiary/aromatic N) is 2. The van der Waals surface area contributed by atoms with E-state index in [2.05, 4.69) is 4.98 Å². The summed E-state index contributed by atoms with van der Waals surface area (Å²) in [5.74, 6) is -0.136. The summed E-state index contributed by atoms with van der Waals surface area (Å²) in [5, 5.41) is 0.785. The highest BCUT2D eigenvalue weighted by Gasteiger charge is 2.29. The SMILES string of the molecule is CCN1C[C@H](COC(=O)c2cccc3ncccc23)CC1=O. The van der Waals surface area contributed by atoms with Crippen LogP contribution < -0.4 is 0 Å². The highest BCUT2D eigenvalue weighted by atomic mass is 16.5. The summed E-state index contributed by atoms with van der Waals surface area (Å²) in [6.45, 7) is 3.60. The van der Waals surface area contributed by atoms with Crippen molar-refractivity contribution in [1.82, 2.24) is 9.88 Å². The number of hydrogen-bond acceptors (Lipinski definition) is 4. The number of esters is 1. The number of carbonyl (C=O) groups excluding carboxylic acids is 2. The van der Waals surface area contributed by atoms with Crippen LogP contribution in [0.3, 0.4) is 0 Å². The molecule has 0 spiro atoms. The molecule has 1 aromatic heterocycles. The lowest BCUT2D eigenvalue weighted by Gasteiger charge is -2.14. The van der Waals surface area contributed by atoms with Gasteiger partial charge in [0.1, 0.15) is 0 Å². The summed E-state index contributed by atoms with van der Waals surface area (Å²) < 4.78 is 5.42. The molecule has 1 aromatic carbocycles. The lowest BCUT2D eigenvalue weighted by Crippen LogP contribution is -2.25. The molecule has 1 aliphatic heterocycles. The van der Waals surface area contributed by atoms with Crippen LogP contribution >= 0.6 is 0 Å². The number of ether oxygens (including phenoxy) is 1. The van der Waals surface area contributed by atoms with Crippen LogP contribution in [0.15, 0.2) is 36.5 Å². The molecule has 1 amide bonds. The van der Waals surface area contributed by atoms with Gasteiger partial charge in [-0.25, -0.2) is 4.79 Å². The Morgan fingerprint density at radius 2 is 2.23 bits per heavy atom. The number of rotatable bonds is 4. The van der Waals surface area contributed by atoms with E-state index in [-0.39, 0.29) is 24.4 Å². The van der Waals surface area contributed by atoms with Crippen molar-refractivity contribution < 1.29 is 14.3 Å². The van der Waals surface area contributed by atoms with E-state index in [1.807, 2.05) is 19.1 Å². The average Bonchev–Trinajstić information content (AvgIpc) is 2.92. The minimum Gasteiger partial charge on any atom is -0.462 e. The predicted molar refractivity (Wildman–Crippen MR) is 82.4 cm³/mol. The molecule has 0 saturated carbocycles. The molecule has 0 bridgehead atoms. The van der Waals surface area contributed by atoms with Crippen molar-refractivity contribution in [2.75, 3.05) is 19.7 Å². The Morgan fingerprint density at radius 1 is 1.36 bits per heavy atom. The predicted octanol–water partition coefficient (Wildman–Crippen LogP) is 2.26. The minimum absolute atomic E-state index is 0.0875. The van der Waals surface area contributed by atoms with Crippen molar-refractivity contribution in [2.24, 2.45) is 5.92 Å². The van der Waals surface area contributed by atoms with Gasteiger partial charge in [0.05, 0.1) is 17.7 Å². The summed E-state index contributed by atoms with van der Waals surface area (Å²) in [7, 11) is 0.